The quantitative estimate of drug-likeness (QED) is 0.184. The van der Waals surface area contributed by atoms with Crippen molar-refractivity contribution in [3.8, 4) is 67.5 Å². The molecule has 230 valence electrons. The van der Waals surface area contributed by atoms with Gasteiger partial charge < -0.3 is 4.42 Å². The highest BCUT2D eigenvalue weighted by Crippen LogP contribution is 2.38. The van der Waals surface area contributed by atoms with E-state index in [0.29, 0.717) is 17.5 Å². The van der Waals surface area contributed by atoms with E-state index in [1.165, 1.54) is 5.56 Å². The van der Waals surface area contributed by atoms with E-state index in [2.05, 4.69) is 133 Å². The molecule has 0 saturated heterocycles. The number of para-hydroxylation sites is 1. The Bertz CT molecular complexity index is 2570. The maximum Gasteiger partial charge on any atom is 0.164 e. The van der Waals surface area contributed by atoms with Crippen LogP contribution in [0.2, 0.25) is 0 Å². The van der Waals surface area contributed by atoms with Gasteiger partial charge in [0.15, 0.2) is 17.5 Å². The highest BCUT2D eigenvalue weighted by Gasteiger charge is 2.17. The van der Waals surface area contributed by atoms with Crippen LogP contribution in [0.25, 0.3) is 89.5 Å². The summed E-state index contributed by atoms with van der Waals surface area (Å²) in [7, 11) is 0. The van der Waals surface area contributed by atoms with Crippen LogP contribution in [-0.4, -0.2) is 15.0 Å². The van der Waals surface area contributed by atoms with E-state index in [-0.39, 0.29) is 0 Å². The Morgan fingerprint density at radius 2 is 0.735 bits per heavy atom. The van der Waals surface area contributed by atoms with Crippen molar-refractivity contribution < 1.29 is 4.42 Å². The summed E-state index contributed by atoms with van der Waals surface area (Å²) < 4.78 is 6.17. The summed E-state index contributed by atoms with van der Waals surface area (Å²) in [6.07, 6.45) is 0. The number of nitrogens with zero attached hydrogens (tertiary/aromatic N) is 3. The lowest BCUT2D eigenvalue weighted by Crippen LogP contribution is -2.01. The van der Waals surface area contributed by atoms with Crippen molar-refractivity contribution in [3.05, 3.63) is 176 Å². The molecule has 0 spiro atoms. The molecule has 9 aromatic rings. The summed E-state index contributed by atoms with van der Waals surface area (Å²) in [6, 6.07) is 60.4. The Morgan fingerprint density at radius 1 is 0.286 bits per heavy atom. The Morgan fingerprint density at radius 3 is 1.43 bits per heavy atom. The van der Waals surface area contributed by atoms with Gasteiger partial charge in [-0.2, -0.15) is 0 Å². The molecule has 7 aromatic carbocycles. The SMILES string of the molecule is c1ccc(-c2ccc(-c3nc(-c4ccc(-c5cccc6oc7ccccc7c56)cc4)nc(-c4ccccc4-c4ccccc4)n3)cc2)cc1. The minimum Gasteiger partial charge on any atom is -0.456 e. The van der Waals surface area contributed by atoms with Crippen LogP contribution in [0.5, 0.6) is 0 Å². The molecule has 0 N–H and O–H groups in total. The molecule has 0 aliphatic rings. The molecule has 0 atom stereocenters. The van der Waals surface area contributed by atoms with Gasteiger partial charge >= 0.3 is 0 Å². The Kier molecular flexibility index (Phi) is 7.10. The van der Waals surface area contributed by atoms with Crippen LogP contribution >= 0.6 is 0 Å². The second-order valence-electron chi connectivity index (χ2n) is 12.0. The lowest BCUT2D eigenvalue weighted by molar-refractivity contribution is 0.669. The maximum atomic E-state index is 6.17. The smallest absolute Gasteiger partial charge is 0.164 e. The molecule has 2 heterocycles. The highest BCUT2D eigenvalue weighted by atomic mass is 16.3. The van der Waals surface area contributed by atoms with E-state index in [1.54, 1.807) is 0 Å². The molecule has 49 heavy (non-hydrogen) atoms. The van der Waals surface area contributed by atoms with Crippen molar-refractivity contribution in [2.24, 2.45) is 0 Å². The zero-order valence-corrected chi connectivity index (χ0v) is 26.5. The largest absolute Gasteiger partial charge is 0.456 e. The van der Waals surface area contributed by atoms with Gasteiger partial charge in [0, 0.05) is 27.5 Å². The number of rotatable bonds is 6. The molecule has 0 bridgehead atoms. The summed E-state index contributed by atoms with van der Waals surface area (Å²) in [4.78, 5) is 15.2. The molecule has 0 radical (unpaired) electrons. The second-order valence-corrected chi connectivity index (χ2v) is 12.0. The van der Waals surface area contributed by atoms with E-state index in [0.717, 1.165) is 66.4 Å². The first kappa shape index (κ1) is 28.6. The van der Waals surface area contributed by atoms with Crippen molar-refractivity contribution in [3.63, 3.8) is 0 Å². The lowest BCUT2D eigenvalue weighted by atomic mass is 9.98. The van der Waals surface area contributed by atoms with Crippen molar-refractivity contribution >= 4 is 21.9 Å². The fourth-order valence-corrected chi connectivity index (χ4v) is 6.56. The van der Waals surface area contributed by atoms with Crippen molar-refractivity contribution in [2.75, 3.05) is 0 Å². The first-order chi connectivity index (χ1) is 24.3. The molecule has 4 heteroatoms. The summed E-state index contributed by atoms with van der Waals surface area (Å²) in [6.45, 7) is 0. The van der Waals surface area contributed by atoms with Crippen LogP contribution in [0.15, 0.2) is 180 Å². The topological polar surface area (TPSA) is 51.8 Å². The van der Waals surface area contributed by atoms with Crippen molar-refractivity contribution in [1.82, 2.24) is 15.0 Å². The second kappa shape index (κ2) is 12.2. The van der Waals surface area contributed by atoms with Gasteiger partial charge in [0.05, 0.1) is 0 Å². The maximum absolute atomic E-state index is 6.17. The molecule has 2 aromatic heterocycles. The third-order valence-electron chi connectivity index (χ3n) is 9.00. The van der Waals surface area contributed by atoms with Crippen LogP contribution in [-0.2, 0) is 0 Å². The van der Waals surface area contributed by atoms with Gasteiger partial charge in [-0.3, -0.25) is 0 Å². The Balaban J connectivity index is 1.17. The predicted octanol–water partition coefficient (Wildman–Crippen LogP) is 11.8. The summed E-state index contributed by atoms with van der Waals surface area (Å²) in [5.41, 5.74) is 11.3. The average molecular weight is 628 g/mol. The molecular weight excluding hydrogens is 599 g/mol. The summed E-state index contributed by atoms with van der Waals surface area (Å²) in [5.74, 6) is 1.88. The summed E-state index contributed by atoms with van der Waals surface area (Å²) in [5, 5.41) is 2.23. The Labute approximate surface area is 284 Å². The fraction of sp³-hybridized carbons (Fsp3) is 0. The minimum absolute atomic E-state index is 0.619. The lowest BCUT2D eigenvalue weighted by Gasteiger charge is -2.12. The van der Waals surface area contributed by atoms with Gasteiger partial charge in [-0.05, 0) is 45.5 Å². The molecule has 0 amide bonds. The van der Waals surface area contributed by atoms with E-state index in [9.17, 15) is 0 Å². The van der Waals surface area contributed by atoms with Gasteiger partial charge in [-0.1, -0.05) is 164 Å². The van der Waals surface area contributed by atoms with Gasteiger partial charge in [0.25, 0.3) is 0 Å². The van der Waals surface area contributed by atoms with Gasteiger partial charge in [-0.25, -0.2) is 15.0 Å². The number of hydrogen-bond donors (Lipinski definition) is 0. The standard InChI is InChI=1S/C45H29N3O/c1-3-12-30(13-4-1)31-22-26-34(27-23-31)43-46-44(48-45(47-43)38-17-8-7-16-36(38)32-14-5-2-6-15-32)35-28-24-33(25-29-35)37-19-11-21-41-42(37)39-18-9-10-20-40(39)49-41/h1-29H. The van der Waals surface area contributed by atoms with Crippen LogP contribution in [0, 0.1) is 0 Å². The summed E-state index contributed by atoms with van der Waals surface area (Å²) >= 11 is 0. The van der Waals surface area contributed by atoms with Crippen molar-refractivity contribution in [2.45, 2.75) is 0 Å². The molecule has 0 aliphatic carbocycles. The Hall–Kier alpha value is -6.65. The van der Waals surface area contributed by atoms with E-state index in [1.807, 2.05) is 42.5 Å². The fourth-order valence-electron chi connectivity index (χ4n) is 6.56. The van der Waals surface area contributed by atoms with Crippen LogP contribution < -0.4 is 0 Å². The monoisotopic (exact) mass is 627 g/mol. The van der Waals surface area contributed by atoms with Crippen LogP contribution in [0.3, 0.4) is 0 Å². The average Bonchev–Trinajstić information content (AvgIpc) is 3.58. The molecule has 4 nitrogen and oxygen atoms in total. The number of furan rings is 1. The van der Waals surface area contributed by atoms with Crippen molar-refractivity contribution in [1.29, 1.82) is 0 Å². The third-order valence-corrected chi connectivity index (χ3v) is 9.00. The molecule has 0 fully saturated rings. The highest BCUT2D eigenvalue weighted by molar-refractivity contribution is 6.12. The number of benzene rings is 7. The first-order valence-electron chi connectivity index (χ1n) is 16.4. The number of fused-ring (bicyclic) bond motifs is 3. The normalized spacial score (nSPS) is 11.3. The molecule has 0 aliphatic heterocycles. The van der Waals surface area contributed by atoms with Crippen LogP contribution in [0.4, 0.5) is 0 Å². The molecule has 9 rings (SSSR count). The molecule has 0 saturated carbocycles. The van der Waals surface area contributed by atoms with Gasteiger partial charge in [-0.15, -0.1) is 0 Å². The van der Waals surface area contributed by atoms with Crippen LogP contribution in [0.1, 0.15) is 0 Å². The predicted molar refractivity (Wildman–Crippen MR) is 200 cm³/mol. The van der Waals surface area contributed by atoms with Gasteiger partial charge in [0.1, 0.15) is 11.2 Å². The zero-order chi connectivity index (χ0) is 32.6. The van der Waals surface area contributed by atoms with E-state index in [4.69, 9.17) is 19.4 Å². The van der Waals surface area contributed by atoms with E-state index < -0.39 is 0 Å². The van der Waals surface area contributed by atoms with Gasteiger partial charge in [0.2, 0.25) is 0 Å². The molecular formula is C45H29N3O. The third kappa shape index (κ3) is 5.35. The minimum atomic E-state index is 0.619. The number of hydrogen-bond acceptors (Lipinski definition) is 4. The van der Waals surface area contributed by atoms with E-state index >= 15 is 0 Å². The zero-order valence-electron chi connectivity index (χ0n) is 26.5. The number of aromatic nitrogens is 3. The first-order valence-corrected chi connectivity index (χ1v) is 16.4. The molecule has 0 unspecified atom stereocenters.